The van der Waals surface area contributed by atoms with E-state index >= 15 is 0 Å². The van der Waals surface area contributed by atoms with Gasteiger partial charge in [-0.25, -0.2) is 4.98 Å². The maximum absolute atomic E-state index is 13.2. The summed E-state index contributed by atoms with van der Waals surface area (Å²) in [4.78, 5) is 22.4. The van der Waals surface area contributed by atoms with Gasteiger partial charge >= 0.3 is 0 Å². The van der Waals surface area contributed by atoms with Crippen molar-refractivity contribution in [1.29, 1.82) is 0 Å². The van der Waals surface area contributed by atoms with Gasteiger partial charge in [-0.15, -0.1) is 0 Å². The molecule has 4 rings (SSSR count). The van der Waals surface area contributed by atoms with Crippen molar-refractivity contribution in [2.75, 3.05) is 24.5 Å². The highest BCUT2D eigenvalue weighted by Crippen LogP contribution is 2.52. The quantitative estimate of drug-likeness (QED) is 0.812. The number of anilines is 1. The number of piperidine rings is 1. The van der Waals surface area contributed by atoms with Crippen LogP contribution in [-0.4, -0.2) is 41.5 Å². The first-order valence-corrected chi connectivity index (χ1v) is 9.88. The van der Waals surface area contributed by atoms with Gasteiger partial charge in [-0.3, -0.25) is 4.79 Å². The third kappa shape index (κ3) is 3.28. The molecule has 1 aromatic rings. The van der Waals surface area contributed by atoms with Crippen LogP contribution < -0.4 is 4.90 Å². The van der Waals surface area contributed by atoms with Gasteiger partial charge in [0.25, 0.3) is 5.91 Å². The zero-order valence-electron chi connectivity index (χ0n) is 15.9. The fraction of sp³-hybridized carbons (Fsp3) is 0.714. The van der Waals surface area contributed by atoms with Gasteiger partial charge in [0.15, 0.2) is 0 Å². The summed E-state index contributed by atoms with van der Waals surface area (Å²) in [6.07, 6.45) is 7.22. The number of carbonyl (C=O) groups is 1. The number of amides is 1. The molecule has 4 heteroatoms. The monoisotopic (exact) mass is 341 g/mol. The molecule has 2 unspecified atom stereocenters. The van der Waals surface area contributed by atoms with Crippen LogP contribution in [0.15, 0.2) is 18.2 Å². The van der Waals surface area contributed by atoms with Gasteiger partial charge < -0.3 is 9.80 Å². The van der Waals surface area contributed by atoms with Gasteiger partial charge in [-0.1, -0.05) is 26.8 Å². The summed E-state index contributed by atoms with van der Waals surface area (Å²) < 4.78 is 0. The van der Waals surface area contributed by atoms with Gasteiger partial charge in [0, 0.05) is 25.7 Å². The van der Waals surface area contributed by atoms with E-state index in [0.717, 1.165) is 38.3 Å². The second kappa shape index (κ2) is 6.00. The highest BCUT2D eigenvalue weighted by molar-refractivity contribution is 5.93. The average Bonchev–Trinajstić information content (AvgIpc) is 2.84. The lowest BCUT2D eigenvalue weighted by molar-refractivity contribution is 0.0702. The topological polar surface area (TPSA) is 36.4 Å². The van der Waals surface area contributed by atoms with Gasteiger partial charge in [0.1, 0.15) is 11.5 Å². The van der Waals surface area contributed by atoms with E-state index in [9.17, 15) is 4.79 Å². The van der Waals surface area contributed by atoms with Crippen molar-refractivity contribution in [3.63, 3.8) is 0 Å². The van der Waals surface area contributed by atoms with Crippen LogP contribution in [-0.2, 0) is 0 Å². The van der Waals surface area contributed by atoms with Crippen molar-refractivity contribution in [2.45, 2.75) is 65.3 Å². The maximum Gasteiger partial charge on any atom is 0.272 e. The number of aromatic nitrogens is 1. The Bertz CT molecular complexity index is 665. The molecule has 0 spiro atoms. The fourth-order valence-corrected chi connectivity index (χ4v) is 5.69. The number of fused-ring (bicyclic) bond motifs is 2. The number of carbonyl (C=O) groups excluding carboxylic acids is 1. The lowest BCUT2D eigenvalue weighted by atomic mass is 9.65. The number of nitrogens with zero attached hydrogens (tertiary/aromatic N) is 3. The Balaban J connectivity index is 1.55. The summed E-state index contributed by atoms with van der Waals surface area (Å²) >= 11 is 0. The molecule has 3 aliphatic rings. The highest BCUT2D eigenvalue weighted by Gasteiger charge is 2.51. The molecule has 1 amide bonds. The van der Waals surface area contributed by atoms with Gasteiger partial charge in [0.2, 0.25) is 0 Å². The van der Waals surface area contributed by atoms with Crippen LogP contribution in [0.4, 0.5) is 5.82 Å². The Morgan fingerprint density at radius 2 is 1.88 bits per heavy atom. The normalized spacial score (nSPS) is 31.2. The molecule has 1 saturated carbocycles. The van der Waals surface area contributed by atoms with Crippen LogP contribution in [0.1, 0.15) is 69.8 Å². The predicted octanol–water partition coefficient (Wildman–Crippen LogP) is 4.11. The van der Waals surface area contributed by atoms with E-state index in [0.29, 0.717) is 17.2 Å². The third-order valence-electron chi connectivity index (χ3n) is 6.31. The number of hydrogen-bond acceptors (Lipinski definition) is 3. The molecule has 3 fully saturated rings. The number of pyridine rings is 1. The molecule has 3 heterocycles. The van der Waals surface area contributed by atoms with Gasteiger partial charge in [-0.05, 0) is 61.5 Å². The van der Waals surface area contributed by atoms with E-state index < -0.39 is 0 Å². The summed E-state index contributed by atoms with van der Waals surface area (Å²) in [6, 6.07) is 6.32. The largest absolute Gasteiger partial charge is 0.357 e. The first-order chi connectivity index (χ1) is 11.9. The molecule has 0 N–H and O–H groups in total. The molecule has 4 nitrogen and oxygen atoms in total. The minimum atomic E-state index is 0.130. The zero-order valence-corrected chi connectivity index (χ0v) is 15.9. The van der Waals surface area contributed by atoms with Crippen LogP contribution in [0.25, 0.3) is 0 Å². The van der Waals surface area contributed by atoms with Gasteiger partial charge in [-0.2, -0.15) is 0 Å². The van der Waals surface area contributed by atoms with E-state index in [1.165, 1.54) is 25.7 Å². The van der Waals surface area contributed by atoms with Crippen LogP contribution in [0.2, 0.25) is 0 Å². The summed E-state index contributed by atoms with van der Waals surface area (Å²) in [5.41, 5.74) is 1.22. The lowest BCUT2D eigenvalue weighted by Gasteiger charge is -2.39. The molecule has 25 heavy (non-hydrogen) atoms. The molecule has 2 atom stereocenters. The maximum atomic E-state index is 13.2. The van der Waals surface area contributed by atoms with Crippen LogP contribution in [0.5, 0.6) is 0 Å². The van der Waals surface area contributed by atoms with E-state index in [1.54, 1.807) is 0 Å². The number of rotatable bonds is 2. The summed E-state index contributed by atoms with van der Waals surface area (Å²) in [6.45, 7) is 10.1. The summed E-state index contributed by atoms with van der Waals surface area (Å²) in [5, 5.41) is 0. The molecule has 2 bridgehead atoms. The Morgan fingerprint density at radius 3 is 2.64 bits per heavy atom. The van der Waals surface area contributed by atoms with Crippen molar-refractivity contribution in [3.8, 4) is 0 Å². The molecule has 136 valence electrons. The molecule has 2 saturated heterocycles. The van der Waals surface area contributed by atoms with E-state index in [2.05, 4.69) is 36.6 Å². The standard InChI is InChI=1S/C21H31N3O/c1-20(2)12-16-13-21(3,14-20)15-24(16)19(25)17-8-7-9-18(22-17)23-10-5-4-6-11-23/h7-9,16H,4-6,10-15H2,1-3H3. The predicted molar refractivity (Wildman–Crippen MR) is 101 cm³/mol. The average molecular weight is 341 g/mol. The zero-order chi connectivity index (χ0) is 17.7. The molecule has 1 aliphatic carbocycles. The number of likely N-dealkylation sites (tertiary alicyclic amines) is 1. The molecule has 0 radical (unpaired) electrons. The first-order valence-electron chi connectivity index (χ1n) is 9.88. The Morgan fingerprint density at radius 1 is 1.12 bits per heavy atom. The summed E-state index contributed by atoms with van der Waals surface area (Å²) in [7, 11) is 0. The van der Waals surface area contributed by atoms with E-state index in [-0.39, 0.29) is 11.3 Å². The summed E-state index contributed by atoms with van der Waals surface area (Å²) in [5.74, 6) is 1.10. The number of hydrogen-bond donors (Lipinski definition) is 0. The van der Waals surface area contributed by atoms with Crippen molar-refractivity contribution in [1.82, 2.24) is 9.88 Å². The lowest BCUT2D eigenvalue weighted by Crippen LogP contribution is -2.38. The molecule has 1 aromatic heterocycles. The molecule has 0 aromatic carbocycles. The van der Waals surface area contributed by atoms with E-state index in [1.807, 2.05) is 12.1 Å². The molecule has 2 aliphatic heterocycles. The third-order valence-corrected chi connectivity index (χ3v) is 6.31. The second-order valence-corrected chi connectivity index (χ2v) is 9.58. The Kier molecular flexibility index (Phi) is 4.04. The first kappa shape index (κ1) is 16.9. The second-order valence-electron chi connectivity index (χ2n) is 9.58. The van der Waals surface area contributed by atoms with Crippen molar-refractivity contribution < 1.29 is 4.79 Å². The van der Waals surface area contributed by atoms with Crippen molar-refractivity contribution in [3.05, 3.63) is 23.9 Å². The molecular formula is C21H31N3O. The minimum Gasteiger partial charge on any atom is -0.357 e. The van der Waals surface area contributed by atoms with Crippen LogP contribution in [0.3, 0.4) is 0 Å². The molecular weight excluding hydrogens is 310 g/mol. The van der Waals surface area contributed by atoms with Crippen molar-refractivity contribution in [2.24, 2.45) is 10.8 Å². The van der Waals surface area contributed by atoms with E-state index in [4.69, 9.17) is 4.98 Å². The van der Waals surface area contributed by atoms with Crippen LogP contribution >= 0.6 is 0 Å². The fourth-order valence-electron chi connectivity index (χ4n) is 5.69. The van der Waals surface area contributed by atoms with Crippen molar-refractivity contribution >= 4 is 11.7 Å². The van der Waals surface area contributed by atoms with Gasteiger partial charge in [0.05, 0.1) is 0 Å². The highest BCUT2D eigenvalue weighted by atomic mass is 16.2. The Hall–Kier alpha value is -1.58. The minimum absolute atomic E-state index is 0.130. The van der Waals surface area contributed by atoms with Crippen LogP contribution in [0, 0.1) is 10.8 Å². The Labute approximate surface area is 151 Å². The SMILES string of the molecule is CC1(C)CC2CC(C)(CN2C(=O)c2cccc(N3CCCCC3)n2)C1. The smallest absolute Gasteiger partial charge is 0.272 e.